The highest BCUT2D eigenvalue weighted by molar-refractivity contribution is 5.69. The van der Waals surface area contributed by atoms with Gasteiger partial charge in [0.2, 0.25) is 0 Å². The van der Waals surface area contributed by atoms with Crippen molar-refractivity contribution in [1.82, 2.24) is 4.57 Å². The highest BCUT2D eigenvalue weighted by Crippen LogP contribution is 2.17. The van der Waals surface area contributed by atoms with Gasteiger partial charge in [0.1, 0.15) is 0 Å². The average molecular weight is 252 g/mol. The monoisotopic (exact) mass is 252 g/mol. The van der Waals surface area contributed by atoms with Crippen LogP contribution < -0.4 is 5.73 Å². The van der Waals surface area contributed by atoms with Gasteiger partial charge in [-0.15, -0.1) is 0 Å². The van der Waals surface area contributed by atoms with E-state index in [4.69, 9.17) is 5.73 Å². The zero-order valence-electron chi connectivity index (χ0n) is 11.8. The maximum atomic E-state index is 11.1. The zero-order valence-corrected chi connectivity index (χ0v) is 11.8. The summed E-state index contributed by atoms with van der Waals surface area (Å²) >= 11 is 0. The predicted molar refractivity (Wildman–Crippen MR) is 72.5 cm³/mol. The molecule has 1 aromatic heterocycles. The van der Waals surface area contributed by atoms with Gasteiger partial charge in [0, 0.05) is 30.4 Å². The van der Waals surface area contributed by atoms with Crippen LogP contribution in [0.5, 0.6) is 0 Å². The molecule has 0 aliphatic rings. The van der Waals surface area contributed by atoms with Gasteiger partial charge >= 0.3 is 5.97 Å². The van der Waals surface area contributed by atoms with Gasteiger partial charge in [-0.05, 0) is 45.2 Å². The maximum Gasteiger partial charge on any atom is 0.305 e. The molecule has 0 aliphatic heterocycles. The molecule has 0 aliphatic carbocycles. The van der Waals surface area contributed by atoms with E-state index in [0.29, 0.717) is 12.8 Å². The summed E-state index contributed by atoms with van der Waals surface area (Å²) in [7, 11) is 1.41. The molecule has 1 aromatic rings. The Morgan fingerprint density at radius 1 is 1.50 bits per heavy atom. The Morgan fingerprint density at radius 3 is 2.67 bits per heavy atom. The first-order valence-corrected chi connectivity index (χ1v) is 6.47. The summed E-state index contributed by atoms with van der Waals surface area (Å²) in [4.78, 5) is 11.1. The van der Waals surface area contributed by atoms with Gasteiger partial charge in [0.15, 0.2) is 0 Å². The van der Waals surface area contributed by atoms with Gasteiger partial charge in [-0.1, -0.05) is 0 Å². The van der Waals surface area contributed by atoms with Crippen LogP contribution in [0.1, 0.15) is 36.7 Å². The van der Waals surface area contributed by atoms with Crippen LogP contribution in [0.3, 0.4) is 0 Å². The summed E-state index contributed by atoms with van der Waals surface area (Å²) in [6.07, 6.45) is 1.88. The number of methoxy groups -OCH3 is 1. The minimum Gasteiger partial charge on any atom is -0.469 e. The summed E-state index contributed by atoms with van der Waals surface area (Å²) in [5, 5.41) is 0. The van der Waals surface area contributed by atoms with Crippen molar-refractivity contribution in [3.8, 4) is 0 Å². The molecule has 1 rings (SSSR count). The molecule has 1 unspecified atom stereocenters. The van der Waals surface area contributed by atoms with Crippen LogP contribution in [0.25, 0.3) is 0 Å². The Bertz CT molecular complexity index is 410. The predicted octanol–water partition coefficient (Wildman–Crippen LogP) is 1.95. The minimum atomic E-state index is -0.190. The molecule has 0 aromatic carbocycles. The smallest absolute Gasteiger partial charge is 0.305 e. The standard InChI is InChI=1S/C14H24N2O2/c1-5-16-10(2)8-12(11(16)3)9-13(15)6-7-14(17)18-4/h8,13H,5-7,9,15H2,1-4H3. The molecule has 1 atom stereocenters. The first kappa shape index (κ1) is 14.8. The third-order valence-corrected chi connectivity index (χ3v) is 3.42. The van der Waals surface area contributed by atoms with E-state index in [9.17, 15) is 4.79 Å². The van der Waals surface area contributed by atoms with E-state index >= 15 is 0 Å². The fourth-order valence-electron chi connectivity index (χ4n) is 2.36. The molecule has 102 valence electrons. The van der Waals surface area contributed by atoms with Crippen molar-refractivity contribution in [1.29, 1.82) is 0 Å². The van der Waals surface area contributed by atoms with Crippen LogP contribution in [0.15, 0.2) is 6.07 Å². The van der Waals surface area contributed by atoms with Gasteiger partial charge in [-0.25, -0.2) is 0 Å². The second kappa shape index (κ2) is 6.59. The summed E-state index contributed by atoms with van der Waals surface area (Å²) in [6.45, 7) is 7.36. The van der Waals surface area contributed by atoms with Crippen LogP contribution >= 0.6 is 0 Å². The summed E-state index contributed by atoms with van der Waals surface area (Å²) < 4.78 is 6.90. The molecular formula is C14H24N2O2. The fourth-order valence-corrected chi connectivity index (χ4v) is 2.36. The number of ether oxygens (including phenoxy) is 1. The second-order valence-electron chi connectivity index (χ2n) is 4.72. The molecule has 0 spiro atoms. The van der Waals surface area contributed by atoms with Crippen molar-refractivity contribution in [2.45, 2.75) is 52.6 Å². The topological polar surface area (TPSA) is 57.2 Å². The van der Waals surface area contributed by atoms with E-state index in [1.54, 1.807) is 0 Å². The van der Waals surface area contributed by atoms with Crippen molar-refractivity contribution in [2.24, 2.45) is 5.73 Å². The second-order valence-corrected chi connectivity index (χ2v) is 4.72. The van der Waals surface area contributed by atoms with Crippen LogP contribution in [-0.2, 0) is 22.5 Å². The van der Waals surface area contributed by atoms with E-state index in [1.807, 2.05) is 0 Å². The van der Waals surface area contributed by atoms with Gasteiger partial charge in [0.05, 0.1) is 7.11 Å². The summed E-state index contributed by atoms with van der Waals surface area (Å²) in [6, 6.07) is 2.20. The Morgan fingerprint density at radius 2 is 2.17 bits per heavy atom. The molecule has 0 fully saturated rings. The van der Waals surface area contributed by atoms with Gasteiger partial charge in [-0.2, -0.15) is 0 Å². The lowest BCUT2D eigenvalue weighted by Crippen LogP contribution is -2.24. The Kier molecular flexibility index (Phi) is 5.41. The summed E-state index contributed by atoms with van der Waals surface area (Å²) in [5.74, 6) is -0.190. The number of aryl methyl sites for hydroxylation is 1. The van der Waals surface area contributed by atoms with Crippen LogP contribution in [0, 0.1) is 13.8 Å². The molecule has 0 amide bonds. The number of aromatic nitrogens is 1. The minimum absolute atomic E-state index is 0.00917. The fraction of sp³-hybridized carbons (Fsp3) is 0.643. The number of hydrogen-bond donors (Lipinski definition) is 1. The molecule has 18 heavy (non-hydrogen) atoms. The molecule has 2 N–H and O–H groups in total. The number of nitrogens with zero attached hydrogens (tertiary/aromatic N) is 1. The first-order valence-electron chi connectivity index (χ1n) is 6.47. The van der Waals surface area contributed by atoms with E-state index in [1.165, 1.54) is 24.1 Å². The Balaban J connectivity index is 2.59. The number of carbonyl (C=O) groups is 1. The van der Waals surface area contributed by atoms with Crippen LogP contribution in [0.4, 0.5) is 0 Å². The molecular weight excluding hydrogens is 228 g/mol. The highest BCUT2D eigenvalue weighted by atomic mass is 16.5. The maximum absolute atomic E-state index is 11.1. The van der Waals surface area contributed by atoms with Crippen molar-refractivity contribution in [3.05, 3.63) is 23.0 Å². The molecule has 0 radical (unpaired) electrons. The quantitative estimate of drug-likeness (QED) is 0.787. The number of hydrogen-bond acceptors (Lipinski definition) is 3. The lowest BCUT2D eigenvalue weighted by Gasteiger charge is -2.11. The first-order chi connectivity index (χ1) is 8.49. The van der Waals surface area contributed by atoms with Crippen molar-refractivity contribution in [3.63, 3.8) is 0 Å². The Labute approximate surface area is 109 Å². The molecule has 4 heteroatoms. The third kappa shape index (κ3) is 3.60. The molecule has 0 saturated carbocycles. The van der Waals surface area contributed by atoms with Crippen LogP contribution in [-0.4, -0.2) is 23.7 Å². The summed E-state index contributed by atoms with van der Waals surface area (Å²) in [5.41, 5.74) is 9.90. The Hall–Kier alpha value is -1.29. The molecule has 1 heterocycles. The van der Waals surface area contributed by atoms with E-state index in [-0.39, 0.29) is 12.0 Å². The largest absolute Gasteiger partial charge is 0.469 e. The number of rotatable bonds is 6. The van der Waals surface area contributed by atoms with Crippen molar-refractivity contribution >= 4 is 5.97 Å². The van der Waals surface area contributed by atoms with Crippen molar-refractivity contribution < 1.29 is 9.53 Å². The van der Waals surface area contributed by atoms with E-state index in [2.05, 4.69) is 36.1 Å². The van der Waals surface area contributed by atoms with Gasteiger partial charge in [-0.3, -0.25) is 4.79 Å². The number of carbonyl (C=O) groups excluding carboxylic acids is 1. The lowest BCUT2D eigenvalue weighted by molar-refractivity contribution is -0.140. The highest BCUT2D eigenvalue weighted by Gasteiger charge is 2.13. The number of nitrogens with two attached hydrogens (primary N) is 1. The van der Waals surface area contributed by atoms with Crippen LogP contribution in [0.2, 0.25) is 0 Å². The zero-order chi connectivity index (χ0) is 13.7. The van der Waals surface area contributed by atoms with Crippen molar-refractivity contribution in [2.75, 3.05) is 7.11 Å². The normalized spacial score (nSPS) is 12.5. The van der Waals surface area contributed by atoms with Gasteiger partial charge < -0.3 is 15.0 Å². The SMILES string of the molecule is CCn1c(C)cc(CC(N)CCC(=O)OC)c1C. The lowest BCUT2D eigenvalue weighted by atomic mass is 10.0. The molecule has 0 saturated heterocycles. The molecule has 4 nitrogen and oxygen atoms in total. The van der Waals surface area contributed by atoms with Gasteiger partial charge in [0.25, 0.3) is 0 Å². The van der Waals surface area contributed by atoms with E-state index in [0.717, 1.165) is 13.0 Å². The van der Waals surface area contributed by atoms with E-state index < -0.39 is 0 Å². The third-order valence-electron chi connectivity index (χ3n) is 3.42. The number of esters is 1. The molecule has 0 bridgehead atoms. The average Bonchev–Trinajstić information content (AvgIpc) is 2.61.